The predicted molar refractivity (Wildman–Crippen MR) is 22.9 cm³/mol. The Morgan fingerprint density at radius 2 is 1.11 bits per heavy atom. The topological polar surface area (TPSA) is 12.0 Å². The molecule has 0 saturated carbocycles. The van der Waals surface area contributed by atoms with Gasteiger partial charge in [-0.25, -0.2) is 0 Å². The van der Waals surface area contributed by atoms with E-state index in [0.717, 1.165) is 0 Å². The Morgan fingerprint density at radius 1 is 1.00 bits per heavy atom. The zero-order valence-electron chi connectivity index (χ0n) is 5.63. The molecule has 0 atom stereocenters. The molecule has 0 radical (unpaired) electrons. The zero-order chi connectivity index (χ0) is 5.21. The molecule has 0 aromatic heterocycles. The quantitative estimate of drug-likeness (QED) is 0.405. The maximum atomic E-state index is 3.10. The normalized spacial score (nSPS) is 8.11. The number of halogens is 3. The van der Waals surface area contributed by atoms with Crippen molar-refractivity contribution in [2.24, 2.45) is 0 Å². The van der Waals surface area contributed by atoms with Gasteiger partial charge in [0.05, 0.1) is 0 Å². The summed E-state index contributed by atoms with van der Waals surface area (Å²) in [5.41, 5.74) is 0.292. The molecule has 0 spiro atoms. The van der Waals surface area contributed by atoms with Crippen LogP contribution in [0.3, 0.4) is 0 Å². The van der Waals surface area contributed by atoms with E-state index in [1.807, 2.05) is 20.7 Å². The molecular formula is C4H10Cl3NTi. The second kappa shape index (κ2) is 9.54. The summed E-state index contributed by atoms with van der Waals surface area (Å²) in [6, 6.07) is 0. The van der Waals surface area contributed by atoms with Crippen molar-refractivity contribution in [2.45, 2.75) is 26.3 Å². The van der Waals surface area contributed by atoms with E-state index < -0.39 is 0 Å². The summed E-state index contributed by atoms with van der Waals surface area (Å²) in [6.45, 7) is 6.40. The van der Waals surface area contributed by atoms with E-state index in [4.69, 9.17) is 0 Å². The molecule has 0 bridgehead atoms. The molecule has 0 saturated heterocycles. The van der Waals surface area contributed by atoms with Crippen LogP contribution in [0.4, 0.5) is 0 Å². The van der Waals surface area contributed by atoms with Crippen LogP contribution < -0.4 is 41.0 Å². The van der Waals surface area contributed by atoms with Crippen molar-refractivity contribution < 1.29 is 57.9 Å². The fourth-order valence-electron chi connectivity index (χ4n) is 0. The Kier molecular flexibility index (Phi) is 23.8. The average molecular weight is 226 g/mol. The summed E-state index contributed by atoms with van der Waals surface area (Å²) < 4.78 is 3.10. The fourth-order valence-corrected chi connectivity index (χ4v) is 0. The van der Waals surface area contributed by atoms with Crippen LogP contribution in [0.2, 0.25) is 0 Å². The number of hydrogen-bond donors (Lipinski definition) is 1. The van der Waals surface area contributed by atoms with Gasteiger partial charge in [0.1, 0.15) is 0 Å². The Balaban J connectivity index is -0.0000000417. The minimum atomic E-state index is 0. The van der Waals surface area contributed by atoms with Crippen LogP contribution >= 0.6 is 0 Å². The van der Waals surface area contributed by atoms with Gasteiger partial charge in [0.15, 0.2) is 0 Å². The molecule has 0 aromatic carbocycles. The van der Waals surface area contributed by atoms with Crippen molar-refractivity contribution >= 4 is 0 Å². The first-order valence-electron chi connectivity index (χ1n) is 2.00. The monoisotopic (exact) mass is 225 g/mol. The third kappa shape index (κ3) is 26.3. The van der Waals surface area contributed by atoms with Gasteiger partial charge in [0.25, 0.3) is 0 Å². The van der Waals surface area contributed by atoms with Crippen LogP contribution in [-0.2, 0) is 20.7 Å². The van der Waals surface area contributed by atoms with Gasteiger partial charge in [-0.1, -0.05) is 0 Å². The van der Waals surface area contributed by atoms with E-state index in [9.17, 15) is 0 Å². The Morgan fingerprint density at radius 3 is 1.11 bits per heavy atom. The SMILES string of the molecule is CC(C)(C)[NH][Ti+3].[Cl-].[Cl-].[Cl-]. The first-order valence-corrected chi connectivity index (χ1v) is 2.78. The predicted octanol–water partition coefficient (Wildman–Crippen LogP) is -8.15. The maximum absolute atomic E-state index is 3.10. The molecular weight excluding hydrogens is 216 g/mol. The molecule has 1 N–H and O–H groups in total. The Bertz CT molecular complexity index is 45.6. The molecule has 1 nitrogen and oxygen atoms in total. The number of nitrogens with one attached hydrogen (secondary N) is 1. The van der Waals surface area contributed by atoms with Gasteiger partial charge >= 0.3 is 50.8 Å². The molecule has 0 aliphatic rings. The smallest absolute Gasteiger partial charge is 1.00 e. The van der Waals surface area contributed by atoms with Crippen molar-refractivity contribution in [3.8, 4) is 0 Å². The minimum absolute atomic E-state index is 0. The van der Waals surface area contributed by atoms with Gasteiger partial charge in [-0.2, -0.15) is 0 Å². The van der Waals surface area contributed by atoms with Crippen molar-refractivity contribution in [3.05, 3.63) is 0 Å². The van der Waals surface area contributed by atoms with Crippen LogP contribution in [0.1, 0.15) is 20.8 Å². The minimum Gasteiger partial charge on any atom is -1.00 e. The van der Waals surface area contributed by atoms with E-state index in [1.165, 1.54) is 0 Å². The molecule has 0 aromatic rings. The second-order valence-corrected chi connectivity index (χ2v) is 2.77. The summed E-state index contributed by atoms with van der Waals surface area (Å²) in [4.78, 5) is 0. The molecule has 9 heavy (non-hydrogen) atoms. The first kappa shape index (κ1) is 22.4. The Hall–Kier alpha value is 1.54. The van der Waals surface area contributed by atoms with Crippen LogP contribution in [0.25, 0.3) is 0 Å². The van der Waals surface area contributed by atoms with E-state index in [1.54, 1.807) is 0 Å². The van der Waals surface area contributed by atoms with Crippen molar-refractivity contribution in [2.75, 3.05) is 0 Å². The molecule has 5 heteroatoms. The average Bonchev–Trinajstić information content (AvgIpc) is 1.35. The molecule has 0 amide bonds. The molecule has 0 rings (SSSR count). The van der Waals surface area contributed by atoms with Crippen molar-refractivity contribution in [1.29, 1.82) is 0 Å². The van der Waals surface area contributed by atoms with Gasteiger partial charge in [-0.15, -0.1) is 0 Å². The second-order valence-electron chi connectivity index (χ2n) is 2.38. The van der Waals surface area contributed by atoms with E-state index >= 15 is 0 Å². The van der Waals surface area contributed by atoms with Crippen LogP contribution in [0.5, 0.6) is 0 Å². The van der Waals surface area contributed by atoms with Gasteiger partial charge in [-0.05, 0) is 0 Å². The van der Waals surface area contributed by atoms with E-state index in [0.29, 0.717) is 5.54 Å². The van der Waals surface area contributed by atoms with E-state index in [-0.39, 0.29) is 37.2 Å². The molecule has 56 valence electrons. The van der Waals surface area contributed by atoms with Gasteiger partial charge in [0.2, 0.25) is 0 Å². The molecule has 0 unspecified atom stereocenters. The first-order chi connectivity index (χ1) is 2.56. The maximum Gasteiger partial charge on any atom is -1.00 e. The molecule has 0 heterocycles. The van der Waals surface area contributed by atoms with Crippen LogP contribution in [0, 0.1) is 0 Å². The van der Waals surface area contributed by atoms with Crippen molar-refractivity contribution in [3.63, 3.8) is 0 Å². The largest absolute Gasteiger partial charge is 1.00 e. The summed E-state index contributed by atoms with van der Waals surface area (Å²) in [5, 5.41) is 0. The molecule has 0 aliphatic heterocycles. The standard InChI is InChI=1S/C4H10N.3ClH.Ti/c1-4(2,3)5;;;;/h5H,1-3H3;3*1H;/q-1;;;;+4/p-3. The van der Waals surface area contributed by atoms with E-state index in [2.05, 4.69) is 24.6 Å². The van der Waals surface area contributed by atoms with Gasteiger partial charge < -0.3 is 37.2 Å². The van der Waals surface area contributed by atoms with Crippen molar-refractivity contribution in [1.82, 2.24) is 3.80 Å². The summed E-state index contributed by atoms with van der Waals surface area (Å²) in [6.07, 6.45) is 0. The zero-order valence-corrected chi connectivity index (χ0v) is 9.46. The third-order valence-corrected chi connectivity index (χ3v) is 1.55. The summed E-state index contributed by atoms with van der Waals surface area (Å²) >= 11 is 1.96. The Labute approximate surface area is 87.7 Å². The summed E-state index contributed by atoms with van der Waals surface area (Å²) in [7, 11) is 0. The van der Waals surface area contributed by atoms with Gasteiger partial charge in [0, 0.05) is 0 Å². The fraction of sp³-hybridized carbons (Fsp3) is 1.00. The third-order valence-electron chi connectivity index (χ3n) is 0.375. The number of hydrogen-bond acceptors (Lipinski definition) is 1. The molecule has 0 aliphatic carbocycles. The number of rotatable bonds is 0. The summed E-state index contributed by atoms with van der Waals surface area (Å²) in [5.74, 6) is 0. The van der Waals surface area contributed by atoms with Gasteiger partial charge in [-0.3, -0.25) is 0 Å². The molecule has 0 fully saturated rings. The van der Waals surface area contributed by atoms with Crippen LogP contribution in [0.15, 0.2) is 0 Å². The van der Waals surface area contributed by atoms with Crippen LogP contribution in [-0.4, -0.2) is 5.54 Å².